The maximum absolute atomic E-state index is 12.8. The molecule has 0 saturated carbocycles. The number of rotatable bonds is 6. The number of carbonyl (C=O) groups excluding carboxylic acids is 2. The Morgan fingerprint density at radius 3 is 2.46 bits per heavy atom. The van der Waals surface area contributed by atoms with Crippen molar-refractivity contribution in [3.05, 3.63) is 29.8 Å². The van der Waals surface area contributed by atoms with E-state index in [1.54, 1.807) is 13.8 Å². The van der Waals surface area contributed by atoms with Crippen molar-refractivity contribution in [1.82, 2.24) is 10.2 Å². The van der Waals surface area contributed by atoms with Gasteiger partial charge in [0.15, 0.2) is 0 Å². The number of nitrogens with one attached hydrogen (secondary N) is 1. The quantitative estimate of drug-likeness (QED) is 0.762. The van der Waals surface area contributed by atoms with E-state index in [-0.39, 0.29) is 12.1 Å². The fourth-order valence-corrected chi connectivity index (χ4v) is 3.07. The molecule has 1 aliphatic heterocycles. The molecule has 2 amide bonds. The van der Waals surface area contributed by atoms with Gasteiger partial charge in [-0.25, -0.2) is 4.79 Å². The first-order valence-corrected chi connectivity index (χ1v) is 8.70. The number of halogens is 3. The summed E-state index contributed by atoms with van der Waals surface area (Å²) in [6.07, 6.45) is -4.15. The van der Waals surface area contributed by atoms with Crippen molar-refractivity contribution in [3.8, 4) is 5.75 Å². The van der Waals surface area contributed by atoms with Crippen LogP contribution in [0.25, 0.3) is 0 Å². The molecule has 2 N–H and O–H groups in total. The number of amides is 2. The van der Waals surface area contributed by atoms with Gasteiger partial charge in [-0.05, 0) is 30.9 Å². The summed E-state index contributed by atoms with van der Waals surface area (Å²) in [4.78, 5) is 37.9. The molecule has 2 rings (SSSR count). The molecule has 7 nitrogen and oxygen atoms in total. The summed E-state index contributed by atoms with van der Waals surface area (Å²) >= 11 is 0. The monoisotopic (exact) mass is 402 g/mol. The van der Waals surface area contributed by atoms with Gasteiger partial charge in [-0.1, -0.05) is 26.0 Å². The van der Waals surface area contributed by atoms with E-state index in [9.17, 15) is 32.7 Å². The Morgan fingerprint density at radius 2 is 1.89 bits per heavy atom. The highest BCUT2D eigenvalue weighted by Gasteiger charge is 2.39. The zero-order valence-electron chi connectivity index (χ0n) is 15.3. The summed E-state index contributed by atoms with van der Waals surface area (Å²) in [5, 5.41) is 11.7. The van der Waals surface area contributed by atoms with Crippen molar-refractivity contribution >= 4 is 17.8 Å². The molecule has 1 heterocycles. The fourth-order valence-electron chi connectivity index (χ4n) is 3.07. The third-order valence-corrected chi connectivity index (χ3v) is 4.40. The SMILES string of the molecule is CC(C)[C@H](NC(=O)c1ccccc1OC(F)(F)F)C(=O)N1CCC[C@H]1C(=O)O. The number of benzene rings is 1. The fraction of sp³-hybridized carbons (Fsp3) is 0.500. The van der Waals surface area contributed by atoms with E-state index in [1.807, 2.05) is 0 Å². The lowest BCUT2D eigenvalue weighted by Crippen LogP contribution is -2.53. The lowest BCUT2D eigenvalue weighted by Gasteiger charge is -2.29. The van der Waals surface area contributed by atoms with Gasteiger partial charge in [0.25, 0.3) is 5.91 Å². The van der Waals surface area contributed by atoms with Gasteiger partial charge >= 0.3 is 12.3 Å². The van der Waals surface area contributed by atoms with Crippen LogP contribution < -0.4 is 10.1 Å². The number of aliphatic carboxylic acids is 1. The van der Waals surface area contributed by atoms with Gasteiger partial charge in [0, 0.05) is 6.54 Å². The highest BCUT2D eigenvalue weighted by atomic mass is 19.4. The molecule has 154 valence electrons. The van der Waals surface area contributed by atoms with Crippen LogP contribution in [0, 0.1) is 5.92 Å². The first kappa shape index (κ1) is 21.5. The second-order valence-corrected chi connectivity index (χ2v) is 6.77. The van der Waals surface area contributed by atoms with Crippen molar-refractivity contribution in [3.63, 3.8) is 0 Å². The maximum atomic E-state index is 12.8. The van der Waals surface area contributed by atoms with Gasteiger partial charge in [-0.2, -0.15) is 0 Å². The number of nitrogens with zero attached hydrogens (tertiary/aromatic N) is 1. The summed E-state index contributed by atoms with van der Waals surface area (Å²) in [5.74, 6) is -3.74. The van der Waals surface area contributed by atoms with Gasteiger partial charge in [-0.15, -0.1) is 13.2 Å². The molecule has 1 saturated heterocycles. The Hall–Kier alpha value is -2.78. The Kier molecular flexibility index (Phi) is 6.52. The Bertz CT molecular complexity index is 751. The summed E-state index contributed by atoms with van der Waals surface area (Å²) in [6, 6.07) is 2.72. The van der Waals surface area contributed by atoms with Crippen molar-refractivity contribution in [2.75, 3.05) is 6.54 Å². The molecule has 0 unspecified atom stereocenters. The molecular weight excluding hydrogens is 381 g/mol. The third-order valence-electron chi connectivity index (χ3n) is 4.40. The number of hydrogen-bond acceptors (Lipinski definition) is 4. The van der Waals surface area contributed by atoms with E-state index in [4.69, 9.17) is 0 Å². The van der Waals surface area contributed by atoms with E-state index in [2.05, 4.69) is 10.1 Å². The number of carboxylic acid groups (broad SMARTS) is 1. The van der Waals surface area contributed by atoms with Crippen LogP contribution in [0.1, 0.15) is 37.0 Å². The lowest BCUT2D eigenvalue weighted by atomic mass is 10.0. The van der Waals surface area contributed by atoms with Crippen LogP contribution in [0.3, 0.4) is 0 Å². The molecule has 0 aliphatic carbocycles. The lowest BCUT2D eigenvalue weighted by molar-refractivity contribution is -0.274. The minimum atomic E-state index is -4.98. The van der Waals surface area contributed by atoms with Crippen LogP contribution in [0.5, 0.6) is 5.75 Å². The molecule has 1 aliphatic rings. The Morgan fingerprint density at radius 1 is 1.25 bits per heavy atom. The van der Waals surface area contributed by atoms with Crippen molar-refractivity contribution in [2.24, 2.45) is 5.92 Å². The predicted molar refractivity (Wildman–Crippen MR) is 91.6 cm³/mol. The molecule has 2 atom stereocenters. The first-order chi connectivity index (χ1) is 13.0. The Balaban J connectivity index is 2.22. The van der Waals surface area contributed by atoms with Crippen LogP contribution in [0.2, 0.25) is 0 Å². The van der Waals surface area contributed by atoms with E-state index < -0.39 is 47.9 Å². The number of para-hydroxylation sites is 1. The average Bonchev–Trinajstić information content (AvgIpc) is 3.07. The van der Waals surface area contributed by atoms with E-state index in [1.165, 1.54) is 17.0 Å². The summed E-state index contributed by atoms with van der Waals surface area (Å²) in [5.41, 5.74) is -0.380. The van der Waals surface area contributed by atoms with Gasteiger partial charge < -0.3 is 20.1 Å². The average molecular weight is 402 g/mol. The highest BCUT2D eigenvalue weighted by Crippen LogP contribution is 2.27. The molecule has 0 aromatic heterocycles. The van der Waals surface area contributed by atoms with Crippen LogP contribution in [-0.2, 0) is 9.59 Å². The predicted octanol–water partition coefficient (Wildman–Crippen LogP) is 2.42. The maximum Gasteiger partial charge on any atom is 0.573 e. The molecule has 1 aromatic rings. The van der Waals surface area contributed by atoms with Crippen LogP contribution in [-0.4, -0.2) is 52.8 Å². The third kappa shape index (κ3) is 5.14. The van der Waals surface area contributed by atoms with E-state index >= 15 is 0 Å². The van der Waals surface area contributed by atoms with Crippen LogP contribution >= 0.6 is 0 Å². The van der Waals surface area contributed by atoms with Crippen molar-refractivity contribution in [1.29, 1.82) is 0 Å². The van der Waals surface area contributed by atoms with Gasteiger partial charge in [0.1, 0.15) is 17.8 Å². The number of hydrogen-bond donors (Lipinski definition) is 2. The highest BCUT2D eigenvalue weighted by molar-refractivity contribution is 6.00. The van der Waals surface area contributed by atoms with Crippen molar-refractivity contribution < 1.29 is 37.4 Å². The van der Waals surface area contributed by atoms with Gasteiger partial charge in [-0.3, -0.25) is 9.59 Å². The first-order valence-electron chi connectivity index (χ1n) is 8.70. The zero-order chi connectivity index (χ0) is 21.1. The molecule has 1 fully saturated rings. The molecular formula is C18H21F3N2O5. The van der Waals surface area contributed by atoms with E-state index in [0.717, 1.165) is 12.1 Å². The number of carbonyl (C=O) groups is 3. The molecule has 0 radical (unpaired) electrons. The topological polar surface area (TPSA) is 95.9 Å². The van der Waals surface area contributed by atoms with Crippen LogP contribution in [0.15, 0.2) is 24.3 Å². The van der Waals surface area contributed by atoms with Gasteiger partial charge in [0.2, 0.25) is 5.91 Å². The van der Waals surface area contributed by atoms with Crippen LogP contribution in [0.4, 0.5) is 13.2 Å². The smallest absolute Gasteiger partial charge is 0.480 e. The number of carboxylic acids is 1. The second kappa shape index (κ2) is 8.49. The molecule has 0 bridgehead atoms. The van der Waals surface area contributed by atoms with Gasteiger partial charge in [0.05, 0.1) is 5.56 Å². The summed E-state index contributed by atoms with van der Waals surface area (Å²) in [6.45, 7) is 3.53. The number of ether oxygens (including phenoxy) is 1. The molecule has 10 heteroatoms. The minimum absolute atomic E-state index is 0.239. The minimum Gasteiger partial charge on any atom is -0.480 e. The molecule has 28 heavy (non-hydrogen) atoms. The van der Waals surface area contributed by atoms with E-state index in [0.29, 0.717) is 12.8 Å². The standard InChI is InChI=1S/C18H21F3N2O5/c1-10(2)14(16(25)23-9-5-7-12(23)17(26)27)22-15(24)11-6-3-4-8-13(11)28-18(19,20)21/h3-4,6,8,10,12,14H,5,7,9H2,1-2H3,(H,22,24)(H,26,27)/t12-,14-/m0/s1. The summed E-state index contributed by atoms with van der Waals surface area (Å²) < 4.78 is 41.5. The summed E-state index contributed by atoms with van der Waals surface area (Å²) in [7, 11) is 0. The molecule has 0 spiro atoms. The Labute approximate surface area is 159 Å². The zero-order valence-corrected chi connectivity index (χ0v) is 15.3. The second-order valence-electron chi connectivity index (χ2n) is 6.77. The number of likely N-dealkylation sites (tertiary alicyclic amines) is 1. The largest absolute Gasteiger partial charge is 0.573 e. The number of alkyl halides is 3. The van der Waals surface area contributed by atoms with Crippen molar-refractivity contribution in [2.45, 2.75) is 45.1 Å². The normalized spacial score (nSPS) is 18.1. The molecule has 1 aromatic carbocycles.